The van der Waals surface area contributed by atoms with Crippen LogP contribution in [0, 0.1) is 0 Å². The van der Waals surface area contributed by atoms with E-state index in [2.05, 4.69) is 25.8 Å². The van der Waals surface area contributed by atoms with Gasteiger partial charge in [0, 0.05) is 25.2 Å². The van der Waals surface area contributed by atoms with Crippen LogP contribution in [0.1, 0.15) is 20.3 Å². The van der Waals surface area contributed by atoms with Crippen LogP contribution in [0.5, 0.6) is 0 Å². The Morgan fingerprint density at radius 1 is 1.64 bits per heavy atom. The molecule has 1 fully saturated rings. The van der Waals surface area contributed by atoms with Crippen LogP contribution in [0.2, 0.25) is 0 Å². The van der Waals surface area contributed by atoms with Crippen molar-refractivity contribution < 1.29 is 9.90 Å². The van der Waals surface area contributed by atoms with Gasteiger partial charge >= 0.3 is 5.97 Å². The van der Waals surface area contributed by atoms with Gasteiger partial charge in [0.25, 0.3) is 0 Å². The van der Waals surface area contributed by atoms with Crippen molar-refractivity contribution in [3.8, 4) is 0 Å². The van der Waals surface area contributed by atoms with Crippen molar-refractivity contribution in [1.29, 1.82) is 0 Å². The Kier molecular flexibility index (Phi) is 3.89. The van der Waals surface area contributed by atoms with Crippen molar-refractivity contribution in [1.82, 2.24) is 9.80 Å². The number of carboxylic acid groups (broad SMARTS) is 1. The molecule has 0 saturated carbocycles. The molecule has 1 atom stereocenters. The minimum atomic E-state index is -0.724. The summed E-state index contributed by atoms with van der Waals surface area (Å²) in [6, 6.07) is 1.05. The first-order valence-corrected chi connectivity index (χ1v) is 5.16. The second-order valence-corrected chi connectivity index (χ2v) is 4.33. The van der Waals surface area contributed by atoms with Crippen molar-refractivity contribution in [3.05, 3.63) is 0 Å². The van der Waals surface area contributed by atoms with E-state index in [0.29, 0.717) is 12.1 Å². The number of aliphatic carboxylic acids is 1. The molecule has 0 amide bonds. The Morgan fingerprint density at radius 2 is 2.29 bits per heavy atom. The van der Waals surface area contributed by atoms with Gasteiger partial charge in [0.1, 0.15) is 0 Å². The average Bonchev–Trinajstić information content (AvgIpc) is 2.50. The first-order valence-electron chi connectivity index (χ1n) is 5.16. The molecule has 0 aromatic heterocycles. The van der Waals surface area contributed by atoms with Gasteiger partial charge in [0.05, 0.1) is 6.54 Å². The van der Waals surface area contributed by atoms with Crippen LogP contribution >= 0.6 is 0 Å². The molecule has 0 aromatic rings. The van der Waals surface area contributed by atoms with Crippen LogP contribution in [0.4, 0.5) is 0 Å². The highest BCUT2D eigenvalue weighted by atomic mass is 16.4. The lowest BCUT2D eigenvalue weighted by atomic mass is 10.2. The third-order valence-corrected chi connectivity index (χ3v) is 3.00. The van der Waals surface area contributed by atoms with E-state index < -0.39 is 5.97 Å². The second kappa shape index (κ2) is 4.75. The Labute approximate surface area is 85.5 Å². The topological polar surface area (TPSA) is 43.8 Å². The number of carbonyl (C=O) groups is 1. The van der Waals surface area contributed by atoms with Gasteiger partial charge in [-0.25, -0.2) is 0 Å². The Morgan fingerprint density at radius 3 is 2.79 bits per heavy atom. The van der Waals surface area contributed by atoms with Crippen molar-refractivity contribution >= 4 is 5.97 Å². The molecule has 0 bridgehead atoms. The van der Waals surface area contributed by atoms with Gasteiger partial charge < -0.3 is 5.11 Å². The van der Waals surface area contributed by atoms with Crippen LogP contribution < -0.4 is 0 Å². The second-order valence-electron chi connectivity index (χ2n) is 4.33. The quantitative estimate of drug-likeness (QED) is 0.717. The third kappa shape index (κ3) is 2.96. The lowest BCUT2D eigenvalue weighted by molar-refractivity contribution is -0.138. The average molecular weight is 200 g/mol. The summed E-state index contributed by atoms with van der Waals surface area (Å²) in [6.45, 7) is 6.32. The summed E-state index contributed by atoms with van der Waals surface area (Å²) in [5.74, 6) is -0.724. The van der Waals surface area contributed by atoms with Crippen LogP contribution in [-0.2, 0) is 4.79 Å². The minimum Gasteiger partial charge on any atom is -0.480 e. The van der Waals surface area contributed by atoms with Crippen LogP contribution in [-0.4, -0.2) is 59.6 Å². The van der Waals surface area contributed by atoms with E-state index in [1.54, 1.807) is 0 Å². The highest BCUT2D eigenvalue weighted by molar-refractivity contribution is 5.69. The molecule has 0 aromatic carbocycles. The number of nitrogens with zero attached hydrogens (tertiary/aromatic N) is 2. The fourth-order valence-corrected chi connectivity index (χ4v) is 1.90. The molecule has 0 unspecified atom stereocenters. The van der Waals surface area contributed by atoms with Crippen molar-refractivity contribution in [2.24, 2.45) is 0 Å². The van der Waals surface area contributed by atoms with Gasteiger partial charge in [-0.1, -0.05) is 0 Å². The first-order chi connectivity index (χ1) is 6.50. The zero-order valence-electron chi connectivity index (χ0n) is 9.23. The monoisotopic (exact) mass is 200 g/mol. The number of rotatable bonds is 4. The third-order valence-electron chi connectivity index (χ3n) is 3.00. The summed E-state index contributed by atoms with van der Waals surface area (Å²) < 4.78 is 0. The summed E-state index contributed by atoms with van der Waals surface area (Å²) in [7, 11) is 2.11. The normalized spacial score (nSPS) is 23.6. The molecule has 0 radical (unpaired) electrons. The van der Waals surface area contributed by atoms with Crippen LogP contribution in [0.25, 0.3) is 0 Å². The maximum Gasteiger partial charge on any atom is 0.317 e. The van der Waals surface area contributed by atoms with Gasteiger partial charge in [-0.15, -0.1) is 0 Å². The molecule has 0 aliphatic carbocycles. The fraction of sp³-hybridized carbons (Fsp3) is 0.900. The summed E-state index contributed by atoms with van der Waals surface area (Å²) in [5.41, 5.74) is 0. The van der Waals surface area contributed by atoms with Gasteiger partial charge in [-0.05, 0) is 27.3 Å². The van der Waals surface area contributed by atoms with E-state index in [9.17, 15) is 4.79 Å². The van der Waals surface area contributed by atoms with Crippen LogP contribution in [0.3, 0.4) is 0 Å². The predicted molar refractivity (Wildman–Crippen MR) is 55.4 cm³/mol. The largest absolute Gasteiger partial charge is 0.480 e. The lowest BCUT2D eigenvalue weighted by Gasteiger charge is -2.28. The number of likely N-dealkylation sites (N-methyl/N-ethyl adjacent to an activating group) is 1. The van der Waals surface area contributed by atoms with E-state index in [1.165, 1.54) is 0 Å². The number of likely N-dealkylation sites (tertiary alicyclic amines) is 1. The predicted octanol–water partition coefficient (Wildman–Crippen LogP) is 0.485. The van der Waals surface area contributed by atoms with Gasteiger partial charge in [0.15, 0.2) is 0 Å². The highest BCUT2D eigenvalue weighted by Crippen LogP contribution is 2.15. The smallest absolute Gasteiger partial charge is 0.317 e. The molecule has 1 N–H and O–H groups in total. The number of hydrogen-bond donors (Lipinski definition) is 1. The standard InChI is InChI=1S/C10H20N2O2/c1-8(2)11(3)9-4-5-12(6-9)7-10(13)14/h8-9H,4-7H2,1-3H3,(H,13,14)/t9-/m1/s1. The molecule has 1 aliphatic rings. The van der Waals surface area contributed by atoms with Crippen molar-refractivity contribution in [2.75, 3.05) is 26.7 Å². The molecular weight excluding hydrogens is 180 g/mol. The number of hydrogen-bond acceptors (Lipinski definition) is 3. The molecular formula is C10H20N2O2. The van der Waals surface area contributed by atoms with E-state index in [0.717, 1.165) is 19.5 Å². The molecule has 4 heteroatoms. The van der Waals surface area contributed by atoms with Crippen molar-refractivity contribution in [3.63, 3.8) is 0 Å². The molecule has 0 spiro atoms. The molecule has 1 rings (SSSR count). The first kappa shape index (κ1) is 11.5. The van der Waals surface area contributed by atoms with Crippen LogP contribution in [0.15, 0.2) is 0 Å². The molecule has 1 saturated heterocycles. The maximum absolute atomic E-state index is 10.5. The molecule has 14 heavy (non-hydrogen) atoms. The Balaban J connectivity index is 2.37. The van der Waals surface area contributed by atoms with E-state index in [-0.39, 0.29) is 6.54 Å². The SMILES string of the molecule is CC(C)N(C)[C@@H]1CCN(CC(=O)O)C1. The summed E-state index contributed by atoms with van der Waals surface area (Å²) in [5, 5.41) is 8.65. The minimum absolute atomic E-state index is 0.183. The summed E-state index contributed by atoms with van der Waals surface area (Å²) in [4.78, 5) is 14.8. The zero-order valence-corrected chi connectivity index (χ0v) is 9.23. The van der Waals surface area contributed by atoms with E-state index in [1.807, 2.05) is 4.90 Å². The Hall–Kier alpha value is -0.610. The summed E-state index contributed by atoms with van der Waals surface area (Å²) in [6.07, 6.45) is 1.09. The van der Waals surface area contributed by atoms with Gasteiger partial charge in [0.2, 0.25) is 0 Å². The molecule has 1 aliphatic heterocycles. The zero-order chi connectivity index (χ0) is 10.7. The maximum atomic E-state index is 10.5. The number of carboxylic acids is 1. The summed E-state index contributed by atoms with van der Waals surface area (Å²) >= 11 is 0. The van der Waals surface area contributed by atoms with E-state index >= 15 is 0 Å². The van der Waals surface area contributed by atoms with E-state index in [4.69, 9.17) is 5.11 Å². The lowest BCUT2D eigenvalue weighted by Crippen LogP contribution is -2.39. The Bertz CT molecular complexity index is 206. The highest BCUT2D eigenvalue weighted by Gasteiger charge is 2.27. The van der Waals surface area contributed by atoms with Gasteiger partial charge in [-0.2, -0.15) is 0 Å². The fourth-order valence-electron chi connectivity index (χ4n) is 1.90. The van der Waals surface area contributed by atoms with Gasteiger partial charge in [-0.3, -0.25) is 14.6 Å². The van der Waals surface area contributed by atoms with Crippen molar-refractivity contribution in [2.45, 2.75) is 32.4 Å². The molecule has 82 valence electrons. The molecule has 1 heterocycles. The molecule has 4 nitrogen and oxygen atoms in total.